The van der Waals surface area contributed by atoms with Gasteiger partial charge in [0.1, 0.15) is 25.3 Å². The predicted octanol–water partition coefficient (Wildman–Crippen LogP) is 4.48. The molecule has 0 bridgehead atoms. The zero-order valence-corrected chi connectivity index (χ0v) is 27.0. The fourth-order valence-corrected chi connectivity index (χ4v) is 5.23. The quantitative estimate of drug-likeness (QED) is 0.219. The van der Waals surface area contributed by atoms with Crippen LogP contribution >= 0.6 is 0 Å². The Kier molecular flexibility index (Phi) is 11.7. The minimum absolute atomic E-state index is 0.0939. The SMILES string of the molecule is CNCCN(C)C(=O)OCc1ccc(NC(=O)[C@H](C)NC(=O)[C@@H](NC(=O)OCC2c3ccccc3-c3ccccc32)C(C)C)cc1. The predicted molar refractivity (Wildman–Crippen MR) is 176 cm³/mol. The summed E-state index contributed by atoms with van der Waals surface area (Å²) >= 11 is 0. The minimum Gasteiger partial charge on any atom is -0.449 e. The lowest BCUT2D eigenvalue weighted by Gasteiger charge is -2.24. The summed E-state index contributed by atoms with van der Waals surface area (Å²) in [6.45, 7) is 6.58. The van der Waals surface area contributed by atoms with Crippen LogP contribution in [0.1, 0.15) is 43.4 Å². The molecular formula is C35H43N5O6. The van der Waals surface area contributed by atoms with E-state index in [1.807, 2.05) is 43.4 Å². The number of carbonyl (C=O) groups is 4. The van der Waals surface area contributed by atoms with Gasteiger partial charge >= 0.3 is 12.2 Å². The van der Waals surface area contributed by atoms with Gasteiger partial charge in [-0.05, 0) is 59.8 Å². The molecule has 0 aliphatic heterocycles. The largest absolute Gasteiger partial charge is 0.449 e. The highest BCUT2D eigenvalue weighted by Crippen LogP contribution is 2.44. The highest BCUT2D eigenvalue weighted by Gasteiger charge is 2.31. The zero-order valence-electron chi connectivity index (χ0n) is 27.0. The van der Waals surface area contributed by atoms with Gasteiger partial charge in [0.15, 0.2) is 0 Å². The minimum atomic E-state index is -0.912. The van der Waals surface area contributed by atoms with Crippen molar-refractivity contribution < 1.29 is 28.7 Å². The number of rotatable bonds is 13. The Morgan fingerprint density at radius 2 is 1.41 bits per heavy atom. The summed E-state index contributed by atoms with van der Waals surface area (Å²) in [7, 11) is 3.47. The number of nitrogens with zero attached hydrogens (tertiary/aromatic N) is 1. The van der Waals surface area contributed by atoms with Crippen molar-refractivity contribution in [3.05, 3.63) is 89.5 Å². The maximum atomic E-state index is 13.1. The van der Waals surface area contributed by atoms with E-state index in [4.69, 9.17) is 9.47 Å². The number of carbonyl (C=O) groups excluding carboxylic acids is 4. The standard InChI is InChI=1S/C35H43N5O6/c1-22(2)31(39-34(43)45-21-30-28-12-8-6-10-26(28)27-11-7-9-13-29(27)30)33(42)37-23(3)32(41)38-25-16-14-24(15-17-25)20-46-35(44)40(5)19-18-36-4/h6-17,22-23,30-31,36H,18-21H2,1-5H3,(H,37,42)(H,38,41)(H,39,43)/t23-,31-/m0/s1. The summed E-state index contributed by atoms with van der Waals surface area (Å²) in [5.41, 5.74) is 5.71. The van der Waals surface area contributed by atoms with Crippen molar-refractivity contribution in [3.63, 3.8) is 0 Å². The van der Waals surface area contributed by atoms with Crippen LogP contribution in [0, 0.1) is 5.92 Å². The summed E-state index contributed by atoms with van der Waals surface area (Å²) in [6, 6.07) is 21.2. The van der Waals surface area contributed by atoms with Gasteiger partial charge in [-0.3, -0.25) is 9.59 Å². The number of alkyl carbamates (subject to hydrolysis) is 1. The highest BCUT2D eigenvalue weighted by atomic mass is 16.6. The first kappa shape index (κ1) is 34.0. The van der Waals surface area contributed by atoms with Crippen LogP contribution in [0.3, 0.4) is 0 Å². The van der Waals surface area contributed by atoms with Gasteiger partial charge in [-0.2, -0.15) is 0 Å². The van der Waals surface area contributed by atoms with Crippen molar-refractivity contribution in [1.29, 1.82) is 0 Å². The first-order chi connectivity index (χ1) is 22.1. The van der Waals surface area contributed by atoms with Crippen LogP contribution in [0.25, 0.3) is 11.1 Å². The molecule has 46 heavy (non-hydrogen) atoms. The highest BCUT2D eigenvalue weighted by molar-refractivity contribution is 5.98. The number of fused-ring (bicyclic) bond motifs is 3. The summed E-state index contributed by atoms with van der Waals surface area (Å²) in [6.07, 6.45) is -1.13. The van der Waals surface area contributed by atoms with Gasteiger partial charge < -0.3 is 35.6 Å². The molecule has 4 rings (SSSR count). The fourth-order valence-electron chi connectivity index (χ4n) is 5.23. The van der Waals surface area contributed by atoms with Crippen LogP contribution in [-0.2, 0) is 25.7 Å². The van der Waals surface area contributed by atoms with E-state index in [9.17, 15) is 19.2 Å². The number of anilines is 1. The van der Waals surface area contributed by atoms with Crippen molar-refractivity contribution in [2.24, 2.45) is 5.92 Å². The Balaban J connectivity index is 1.25. The molecule has 0 fully saturated rings. The summed E-state index contributed by atoms with van der Waals surface area (Å²) in [5.74, 6) is -1.29. The fraction of sp³-hybridized carbons (Fsp3) is 0.371. The molecule has 244 valence electrons. The molecule has 0 heterocycles. The number of amides is 4. The van der Waals surface area contributed by atoms with Crippen molar-refractivity contribution >= 4 is 29.7 Å². The van der Waals surface area contributed by atoms with E-state index < -0.39 is 36.1 Å². The maximum absolute atomic E-state index is 13.1. The normalized spacial score (nSPS) is 13.2. The van der Waals surface area contributed by atoms with Gasteiger partial charge in [0.05, 0.1) is 0 Å². The van der Waals surface area contributed by atoms with E-state index >= 15 is 0 Å². The van der Waals surface area contributed by atoms with Crippen LogP contribution in [0.15, 0.2) is 72.8 Å². The van der Waals surface area contributed by atoms with Gasteiger partial charge in [0.2, 0.25) is 11.8 Å². The van der Waals surface area contributed by atoms with Gasteiger partial charge in [-0.15, -0.1) is 0 Å². The summed E-state index contributed by atoms with van der Waals surface area (Å²) < 4.78 is 10.9. The second-order valence-electron chi connectivity index (χ2n) is 11.7. The lowest BCUT2D eigenvalue weighted by atomic mass is 9.98. The van der Waals surface area contributed by atoms with Crippen LogP contribution < -0.4 is 21.3 Å². The molecule has 0 radical (unpaired) electrons. The van der Waals surface area contributed by atoms with Crippen LogP contribution in [0.4, 0.5) is 15.3 Å². The third kappa shape index (κ3) is 8.63. The van der Waals surface area contributed by atoms with E-state index in [1.54, 1.807) is 52.1 Å². The Labute approximate surface area is 270 Å². The Morgan fingerprint density at radius 1 is 0.804 bits per heavy atom. The topological polar surface area (TPSA) is 138 Å². The molecule has 3 aromatic carbocycles. The molecule has 4 N–H and O–H groups in total. The molecule has 11 nitrogen and oxygen atoms in total. The molecule has 4 amide bonds. The van der Waals surface area contributed by atoms with Crippen molar-refractivity contribution in [2.75, 3.05) is 39.1 Å². The average Bonchev–Trinajstić information content (AvgIpc) is 3.37. The molecule has 3 aromatic rings. The van der Waals surface area contributed by atoms with Gasteiger partial charge in [-0.25, -0.2) is 9.59 Å². The number of benzene rings is 3. The molecule has 0 unspecified atom stereocenters. The van der Waals surface area contributed by atoms with Crippen LogP contribution in [-0.4, -0.2) is 74.8 Å². The third-order valence-electron chi connectivity index (χ3n) is 7.91. The Hall–Kier alpha value is -4.90. The van der Waals surface area contributed by atoms with E-state index in [2.05, 4.69) is 33.4 Å². The first-order valence-corrected chi connectivity index (χ1v) is 15.4. The second-order valence-corrected chi connectivity index (χ2v) is 11.7. The monoisotopic (exact) mass is 629 g/mol. The lowest BCUT2D eigenvalue weighted by Crippen LogP contribution is -2.53. The summed E-state index contributed by atoms with van der Waals surface area (Å²) in [4.78, 5) is 52.4. The molecule has 0 aromatic heterocycles. The Morgan fingerprint density at radius 3 is 2.00 bits per heavy atom. The van der Waals surface area contributed by atoms with E-state index in [0.29, 0.717) is 18.8 Å². The Bertz CT molecular complexity index is 1480. The number of nitrogens with one attached hydrogen (secondary N) is 4. The van der Waals surface area contributed by atoms with Crippen molar-refractivity contribution in [2.45, 2.75) is 45.4 Å². The third-order valence-corrected chi connectivity index (χ3v) is 7.91. The smallest absolute Gasteiger partial charge is 0.409 e. The average molecular weight is 630 g/mol. The van der Waals surface area contributed by atoms with E-state index in [-0.39, 0.29) is 25.0 Å². The molecule has 1 aliphatic carbocycles. The first-order valence-electron chi connectivity index (χ1n) is 15.4. The lowest BCUT2D eigenvalue weighted by molar-refractivity contribution is -0.128. The van der Waals surface area contributed by atoms with Crippen LogP contribution in [0.5, 0.6) is 0 Å². The molecule has 0 spiro atoms. The maximum Gasteiger partial charge on any atom is 0.409 e. The van der Waals surface area contributed by atoms with Crippen molar-refractivity contribution in [3.8, 4) is 11.1 Å². The van der Waals surface area contributed by atoms with Crippen LogP contribution in [0.2, 0.25) is 0 Å². The van der Waals surface area contributed by atoms with Crippen molar-refractivity contribution in [1.82, 2.24) is 20.9 Å². The van der Waals surface area contributed by atoms with Gasteiger partial charge in [0, 0.05) is 31.7 Å². The number of ether oxygens (including phenoxy) is 2. The molecule has 1 aliphatic rings. The second kappa shape index (κ2) is 15.9. The molecule has 0 saturated heterocycles. The van der Waals surface area contributed by atoms with E-state index in [1.165, 1.54) is 4.90 Å². The number of hydrogen-bond donors (Lipinski definition) is 4. The molecule has 11 heteroatoms. The zero-order chi connectivity index (χ0) is 33.2. The van der Waals surface area contributed by atoms with E-state index in [0.717, 1.165) is 27.8 Å². The van der Waals surface area contributed by atoms with Gasteiger partial charge in [0.25, 0.3) is 0 Å². The number of likely N-dealkylation sites (N-methyl/N-ethyl adjacent to an activating group) is 2. The molecule has 2 atom stereocenters. The molecular weight excluding hydrogens is 586 g/mol. The van der Waals surface area contributed by atoms with Gasteiger partial charge in [-0.1, -0.05) is 74.5 Å². The summed E-state index contributed by atoms with van der Waals surface area (Å²) in [5, 5.41) is 11.1. The molecule has 0 saturated carbocycles. The number of hydrogen-bond acceptors (Lipinski definition) is 7.